The Morgan fingerprint density at radius 3 is 2.79 bits per heavy atom. The molecule has 2 rings (SSSR count). The van der Waals surface area contributed by atoms with E-state index in [4.69, 9.17) is 5.73 Å². The Bertz CT molecular complexity index is 412. The van der Waals surface area contributed by atoms with Crippen molar-refractivity contribution in [2.75, 3.05) is 12.4 Å². The SMILES string of the molecule is CNc1ccc2ccc(CN)cc2n1. The van der Waals surface area contributed by atoms with Crippen molar-refractivity contribution in [1.82, 2.24) is 4.98 Å². The number of rotatable bonds is 2. The van der Waals surface area contributed by atoms with Crippen molar-refractivity contribution < 1.29 is 0 Å². The summed E-state index contributed by atoms with van der Waals surface area (Å²) in [6.45, 7) is 0.557. The van der Waals surface area contributed by atoms with Crippen molar-refractivity contribution in [3.63, 3.8) is 0 Å². The Morgan fingerprint density at radius 2 is 2.07 bits per heavy atom. The molecule has 3 nitrogen and oxygen atoms in total. The van der Waals surface area contributed by atoms with Gasteiger partial charge in [0.05, 0.1) is 5.52 Å². The van der Waals surface area contributed by atoms with Crippen LogP contribution in [0.15, 0.2) is 30.3 Å². The summed E-state index contributed by atoms with van der Waals surface area (Å²) in [7, 11) is 1.86. The zero-order chi connectivity index (χ0) is 9.97. The molecule has 0 fully saturated rings. The van der Waals surface area contributed by atoms with Crippen LogP contribution in [-0.2, 0) is 6.54 Å². The highest BCUT2D eigenvalue weighted by atomic mass is 15.0. The van der Waals surface area contributed by atoms with Gasteiger partial charge < -0.3 is 11.1 Å². The van der Waals surface area contributed by atoms with E-state index in [1.165, 1.54) is 0 Å². The van der Waals surface area contributed by atoms with Crippen LogP contribution in [-0.4, -0.2) is 12.0 Å². The van der Waals surface area contributed by atoms with E-state index in [0.29, 0.717) is 6.54 Å². The van der Waals surface area contributed by atoms with Crippen LogP contribution in [0, 0.1) is 0 Å². The van der Waals surface area contributed by atoms with E-state index >= 15 is 0 Å². The molecule has 1 heterocycles. The molecule has 0 bridgehead atoms. The van der Waals surface area contributed by atoms with Gasteiger partial charge in [-0.25, -0.2) is 4.98 Å². The maximum atomic E-state index is 5.57. The molecule has 1 aromatic carbocycles. The second-order valence-electron chi connectivity index (χ2n) is 3.18. The first kappa shape index (κ1) is 8.97. The van der Waals surface area contributed by atoms with Crippen molar-refractivity contribution in [2.45, 2.75) is 6.54 Å². The normalized spacial score (nSPS) is 10.4. The summed E-state index contributed by atoms with van der Waals surface area (Å²) in [5.41, 5.74) is 7.66. The lowest BCUT2D eigenvalue weighted by Gasteiger charge is -2.03. The van der Waals surface area contributed by atoms with Crippen LogP contribution in [0.4, 0.5) is 5.82 Å². The number of aromatic nitrogens is 1. The molecule has 0 unspecified atom stereocenters. The highest BCUT2D eigenvalue weighted by Gasteiger charge is 1.97. The zero-order valence-corrected chi connectivity index (χ0v) is 8.12. The fraction of sp³-hybridized carbons (Fsp3) is 0.182. The van der Waals surface area contributed by atoms with Gasteiger partial charge in [-0.1, -0.05) is 12.1 Å². The minimum atomic E-state index is 0.557. The molecule has 0 aliphatic rings. The van der Waals surface area contributed by atoms with Crippen LogP contribution in [0.5, 0.6) is 0 Å². The Kier molecular flexibility index (Phi) is 2.33. The standard InChI is InChI=1S/C11H13N3/c1-13-11-5-4-9-3-2-8(7-12)6-10(9)14-11/h2-6H,7,12H2,1H3,(H,13,14). The lowest BCUT2D eigenvalue weighted by molar-refractivity contribution is 1.07. The molecular weight excluding hydrogens is 174 g/mol. The largest absolute Gasteiger partial charge is 0.373 e. The number of pyridine rings is 1. The van der Waals surface area contributed by atoms with E-state index in [2.05, 4.69) is 16.4 Å². The van der Waals surface area contributed by atoms with Crippen molar-refractivity contribution in [3.8, 4) is 0 Å². The number of hydrogen-bond donors (Lipinski definition) is 2. The van der Waals surface area contributed by atoms with E-state index in [-0.39, 0.29) is 0 Å². The van der Waals surface area contributed by atoms with Gasteiger partial charge in [-0.05, 0) is 23.8 Å². The monoisotopic (exact) mass is 187 g/mol. The summed E-state index contributed by atoms with van der Waals surface area (Å²) in [6, 6.07) is 10.1. The second-order valence-corrected chi connectivity index (χ2v) is 3.18. The first-order valence-corrected chi connectivity index (χ1v) is 4.61. The van der Waals surface area contributed by atoms with Crippen molar-refractivity contribution >= 4 is 16.7 Å². The minimum absolute atomic E-state index is 0.557. The fourth-order valence-corrected chi connectivity index (χ4v) is 1.43. The fourth-order valence-electron chi connectivity index (χ4n) is 1.43. The van der Waals surface area contributed by atoms with Crippen molar-refractivity contribution in [3.05, 3.63) is 35.9 Å². The van der Waals surface area contributed by atoms with E-state index in [1.807, 2.05) is 31.3 Å². The van der Waals surface area contributed by atoms with Gasteiger partial charge in [0.2, 0.25) is 0 Å². The van der Waals surface area contributed by atoms with Crippen molar-refractivity contribution in [2.24, 2.45) is 5.73 Å². The molecule has 72 valence electrons. The molecule has 14 heavy (non-hydrogen) atoms. The first-order valence-electron chi connectivity index (χ1n) is 4.61. The molecule has 3 heteroatoms. The van der Waals surface area contributed by atoms with Gasteiger partial charge in [-0.2, -0.15) is 0 Å². The number of nitrogens with two attached hydrogens (primary N) is 1. The number of hydrogen-bond acceptors (Lipinski definition) is 3. The number of fused-ring (bicyclic) bond motifs is 1. The van der Waals surface area contributed by atoms with E-state index < -0.39 is 0 Å². The van der Waals surface area contributed by atoms with E-state index in [1.54, 1.807) is 0 Å². The average molecular weight is 187 g/mol. The molecule has 0 spiro atoms. The third kappa shape index (κ3) is 1.54. The summed E-state index contributed by atoms with van der Waals surface area (Å²) >= 11 is 0. The Labute approximate surface area is 83.0 Å². The number of benzene rings is 1. The highest BCUT2D eigenvalue weighted by Crippen LogP contribution is 2.16. The molecule has 0 saturated carbocycles. The topological polar surface area (TPSA) is 50.9 Å². The molecule has 3 N–H and O–H groups in total. The lowest BCUT2D eigenvalue weighted by atomic mass is 10.1. The van der Waals surface area contributed by atoms with E-state index in [0.717, 1.165) is 22.3 Å². The Hall–Kier alpha value is -1.61. The van der Waals surface area contributed by atoms with Crippen LogP contribution in [0.3, 0.4) is 0 Å². The average Bonchev–Trinajstić information content (AvgIpc) is 2.27. The van der Waals surface area contributed by atoms with Gasteiger partial charge >= 0.3 is 0 Å². The summed E-state index contributed by atoms with van der Waals surface area (Å²) in [5, 5.41) is 4.15. The first-order chi connectivity index (χ1) is 6.83. The second kappa shape index (κ2) is 3.64. The predicted molar refractivity (Wildman–Crippen MR) is 59.2 cm³/mol. The van der Waals surface area contributed by atoms with Gasteiger partial charge in [0, 0.05) is 19.0 Å². The number of nitrogens with one attached hydrogen (secondary N) is 1. The third-order valence-electron chi connectivity index (χ3n) is 2.25. The molecule has 0 saturated heterocycles. The Balaban J connectivity index is 2.60. The molecule has 1 aromatic heterocycles. The maximum absolute atomic E-state index is 5.57. The number of anilines is 1. The minimum Gasteiger partial charge on any atom is -0.373 e. The van der Waals surface area contributed by atoms with Crippen LogP contribution in [0.25, 0.3) is 10.9 Å². The quantitative estimate of drug-likeness (QED) is 0.752. The predicted octanol–water partition coefficient (Wildman–Crippen LogP) is 1.74. The molecule has 0 amide bonds. The lowest BCUT2D eigenvalue weighted by Crippen LogP contribution is -1.97. The molecule has 0 radical (unpaired) electrons. The third-order valence-corrected chi connectivity index (χ3v) is 2.25. The number of nitrogens with zero attached hydrogens (tertiary/aromatic N) is 1. The van der Waals surface area contributed by atoms with Crippen molar-refractivity contribution in [1.29, 1.82) is 0 Å². The van der Waals surface area contributed by atoms with Crippen LogP contribution >= 0.6 is 0 Å². The summed E-state index contributed by atoms with van der Waals surface area (Å²) in [6.07, 6.45) is 0. The smallest absolute Gasteiger partial charge is 0.126 e. The molecule has 2 aromatic rings. The van der Waals surface area contributed by atoms with Gasteiger partial charge in [0.25, 0.3) is 0 Å². The van der Waals surface area contributed by atoms with Crippen LogP contribution in [0.2, 0.25) is 0 Å². The molecule has 0 atom stereocenters. The molecular formula is C11H13N3. The van der Waals surface area contributed by atoms with Gasteiger partial charge in [-0.15, -0.1) is 0 Å². The molecule has 0 aliphatic heterocycles. The summed E-state index contributed by atoms with van der Waals surface area (Å²) in [4.78, 5) is 4.44. The summed E-state index contributed by atoms with van der Waals surface area (Å²) in [5.74, 6) is 0.881. The maximum Gasteiger partial charge on any atom is 0.126 e. The van der Waals surface area contributed by atoms with Gasteiger partial charge in [0.1, 0.15) is 5.82 Å². The van der Waals surface area contributed by atoms with Gasteiger partial charge in [0.15, 0.2) is 0 Å². The Morgan fingerprint density at radius 1 is 1.29 bits per heavy atom. The highest BCUT2D eigenvalue weighted by molar-refractivity contribution is 5.80. The van der Waals surface area contributed by atoms with Crippen LogP contribution in [0.1, 0.15) is 5.56 Å². The van der Waals surface area contributed by atoms with Crippen LogP contribution < -0.4 is 11.1 Å². The summed E-state index contributed by atoms with van der Waals surface area (Å²) < 4.78 is 0. The van der Waals surface area contributed by atoms with E-state index in [9.17, 15) is 0 Å². The van der Waals surface area contributed by atoms with Gasteiger partial charge in [-0.3, -0.25) is 0 Å². The zero-order valence-electron chi connectivity index (χ0n) is 8.12. The molecule has 0 aliphatic carbocycles.